The molecule has 118 valence electrons. The Morgan fingerprint density at radius 1 is 1.04 bits per heavy atom. The number of carboxylic acid groups (broad SMARTS) is 1. The molecule has 0 spiro atoms. The van der Waals surface area contributed by atoms with Gasteiger partial charge in [0.05, 0.1) is 11.8 Å². The van der Waals surface area contributed by atoms with Crippen LogP contribution in [-0.4, -0.2) is 21.3 Å². The van der Waals surface area contributed by atoms with E-state index in [-0.39, 0.29) is 5.56 Å². The van der Waals surface area contributed by atoms with E-state index in [1.807, 2.05) is 18.2 Å². The lowest BCUT2D eigenvalue weighted by atomic mass is 10.0. The molecule has 0 saturated carbocycles. The minimum atomic E-state index is -0.951. The second kappa shape index (κ2) is 5.34. The fourth-order valence-corrected chi connectivity index (χ4v) is 2.59. The van der Waals surface area contributed by atoms with Crippen LogP contribution < -0.4 is 0 Å². The molecule has 0 radical (unpaired) electrons. The molecule has 0 aliphatic heterocycles. The van der Waals surface area contributed by atoms with Gasteiger partial charge in [0.25, 0.3) is 0 Å². The normalized spacial score (nSPS) is 11.0. The Morgan fingerprint density at radius 3 is 2.46 bits per heavy atom. The van der Waals surface area contributed by atoms with Crippen molar-refractivity contribution in [2.45, 2.75) is 6.92 Å². The van der Waals surface area contributed by atoms with Crippen LogP contribution >= 0.6 is 0 Å². The van der Waals surface area contributed by atoms with Crippen LogP contribution in [0.4, 0.5) is 0 Å². The van der Waals surface area contributed by atoms with Gasteiger partial charge < -0.3 is 13.9 Å². The van der Waals surface area contributed by atoms with Crippen LogP contribution in [0.3, 0.4) is 0 Å². The number of hydrogen-bond donors (Lipinski definition) is 1. The fraction of sp³-hybridized carbons (Fsp3) is 0.0556. The van der Waals surface area contributed by atoms with E-state index < -0.39 is 5.97 Å². The molecule has 0 fully saturated rings. The number of aryl methyl sites for hydroxylation is 1. The Balaban J connectivity index is 1.82. The third-order valence-electron chi connectivity index (χ3n) is 3.79. The molecule has 0 unspecified atom stereocenters. The summed E-state index contributed by atoms with van der Waals surface area (Å²) in [5.74, 6) is -0.00259. The number of hydrogen-bond acceptors (Lipinski definition) is 5. The SMILES string of the molecule is Cc1nnc(-c2ccc3occ(-c4ccc(C(=O)O)cc4)c3c2)o1. The summed E-state index contributed by atoms with van der Waals surface area (Å²) in [5, 5.41) is 17.8. The largest absolute Gasteiger partial charge is 0.478 e. The summed E-state index contributed by atoms with van der Waals surface area (Å²) in [5.41, 5.74) is 3.52. The van der Waals surface area contributed by atoms with Crippen LogP contribution in [-0.2, 0) is 0 Å². The first kappa shape index (κ1) is 14.2. The molecule has 4 rings (SSSR count). The van der Waals surface area contributed by atoms with Crippen molar-refractivity contribution in [1.29, 1.82) is 0 Å². The number of fused-ring (bicyclic) bond motifs is 1. The van der Waals surface area contributed by atoms with Crippen molar-refractivity contribution < 1.29 is 18.7 Å². The van der Waals surface area contributed by atoms with Gasteiger partial charge in [0.15, 0.2) is 0 Å². The molecule has 1 N–H and O–H groups in total. The number of rotatable bonds is 3. The number of aromatic nitrogens is 2. The first-order valence-electron chi connectivity index (χ1n) is 7.27. The van der Waals surface area contributed by atoms with Crippen LogP contribution in [0.5, 0.6) is 0 Å². The quantitative estimate of drug-likeness (QED) is 0.609. The second-order valence-electron chi connectivity index (χ2n) is 5.37. The third kappa shape index (κ3) is 2.34. The van der Waals surface area contributed by atoms with Crippen LogP contribution in [0.25, 0.3) is 33.6 Å². The molecule has 2 aromatic carbocycles. The van der Waals surface area contributed by atoms with Crippen molar-refractivity contribution in [1.82, 2.24) is 10.2 Å². The predicted octanol–water partition coefficient (Wildman–Crippen LogP) is 4.16. The van der Waals surface area contributed by atoms with Gasteiger partial charge in [-0.2, -0.15) is 0 Å². The Hall–Kier alpha value is -3.41. The average molecular weight is 320 g/mol. The first-order valence-corrected chi connectivity index (χ1v) is 7.27. The van der Waals surface area contributed by atoms with E-state index in [0.29, 0.717) is 11.8 Å². The van der Waals surface area contributed by atoms with Crippen molar-refractivity contribution in [2.24, 2.45) is 0 Å². The van der Waals surface area contributed by atoms with E-state index >= 15 is 0 Å². The summed E-state index contributed by atoms with van der Waals surface area (Å²) in [7, 11) is 0. The van der Waals surface area contributed by atoms with Gasteiger partial charge in [0.1, 0.15) is 5.58 Å². The molecule has 2 aromatic heterocycles. The van der Waals surface area contributed by atoms with Gasteiger partial charge >= 0.3 is 5.97 Å². The first-order chi connectivity index (χ1) is 11.6. The molecule has 6 heteroatoms. The molecule has 0 aliphatic carbocycles. The number of furan rings is 1. The molecule has 0 atom stereocenters. The van der Waals surface area contributed by atoms with Gasteiger partial charge in [-0.3, -0.25) is 0 Å². The number of nitrogens with zero attached hydrogens (tertiary/aromatic N) is 2. The molecule has 0 amide bonds. The van der Waals surface area contributed by atoms with Crippen molar-refractivity contribution in [2.75, 3.05) is 0 Å². The lowest BCUT2D eigenvalue weighted by molar-refractivity contribution is 0.0697. The fourth-order valence-electron chi connectivity index (χ4n) is 2.59. The highest BCUT2D eigenvalue weighted by Crippen LogP contribution is 2.33. The maximum Gasteiger partial charge on any atom is 0.335 e. The summed E-state index contributed by atoms with van der Waals surface area (Å²) in [6.45, 7) is 1.74. The molecule has 0 aliphatic rings. The van der Waals surface area contributed by atoms with Gasteiger partial charge in [0.2, 0.25) is 11.8 Å². The van der Waals surface area contributed by atoms with Crippen molar-refractivity contribution in [3.05, 3.63) is 60.2 Å². The molecule has 6 nitrogen and oxygen atoms in total. The highest BCUT2D eigenvalue weighted by molar-refractivity contribution is 5.96. The molecule has 0 saturated heterocycles. The maximum absolute atomic E-state index is 11.0. The minimum Gasteiger partial charge on any atom is -0.478 e. The van der Waals surface area contributed by atoms with Crippen LogP contribution in [0.2, 0.25) is 0 Å². The van der Waals surface area contributed by atoms with E-state index in [4.69, 9.17) is 13.9 Å². The van der Waals surface area contributed by atoms with Crippen LogP contribution in [0.1, 0.15) is 16.2 Å². The van der Waals surface area contributed by atoms with E-state index in [0.717, 1.165) is 27.7 Å². The van der Waals surface area contributed by atoms with Gasteiger partial charge in [-0.15, -0.1) is 10.2 Å². The number of aromatic carboxylic acids is 1. The summed E-state index contributed by atoms with van der Waals surface area (Å²) >= 11 is 0. The van der Waals surface area contributed by atoms with Gasteiger partial charge in [-0.25, -0.2) is 4.79 Å². The molecular formula is C18H12N2O4. The van der Waals surface area contributed by atoms with E-state index in [1.165, 1.54) is 0 Å². The monoisotopic (exact) mass is 320 g/mol. The third-order valence-corrected chi connectivity index (χ3v) is 3.79. The summed E-state index contributed by atoms with van der Waals surface area (Å²) in [6, 6.07) is 12.3. The summed E-state index contributed by atoms with van der Waals surface area (Å²) in [6.07, 6.45) is 1.66. The zero-order valence-electron chi connectivity index (χ0n) is 12.7. The lowest BCUT2D eigenvalue weighted by Gasteiger charge is -2.01. The number of benzene rings is 2. The highest BCUT2D eigenvalue weighted by Gasteiger charge is 2.13. The van der Waals surface area contributed by atoms with Crippen molar-refractivity contribution in [3.8, 4) is 22.6 Å². The van der Waals surface area contributed by atoms with Crippen molar-refractivity contribution >= 4 is 16.9 Å². The zero-order chi connectivity index (χ0) is 16.7. The van der Waals surface area contributed by atoms with Gasteiger partial charge in [0, 0.05) is 23.4 Å². The van der Waals surface area contributed by atoms with Gasteiger partial charge in [-0.05, 0) is 35.9 Å². The predicted molar refractivity (Wildman–Crippen MR) is 86.6 cm³/mol. The smallest absolute Gasteiger partial charge is 0.335 e. The van der Waals surface area contributed by atoms with Crippen molar-refractivity contribution in [3.63, 3.8) is 0 Å². The van der Waals surface area contributed by atoms with E-state index in [2.05, 4.69) is 10.2 Å². The Morgan fingerprint density at radius 2 is 1.79 bits per heavy atom. The second-order valence-corrected chi connectivity index (χ2v) is 5.37. The highest BCUT2D eigenvalue weighted by atomic mass is 16.4. The van der Waals surface area contributed by atoms with E-state index in [1.54, 1.807) is 37.5 Å². The molecule has 2 heterocycles. The number of carboxylic acids is 1. The molecular weight excluding hydrogens is 308 g/mol. The topological polar surface area (TPSA) is 89.4 Å². The van der Waals surface area contributed by atoms with Crippen LogP contribution in [0, 0.1) is 6.92 Å². The summed E-state index contributed by atoms with van der Waals surface area (Å²) in [4.78, 5) is 11.0. The summed E-state index contributed by atoms with van der Waals surface area (Å²) < 4.78 is 11.1. The lowest BCUT2D eigenvalue weighted by Crippen LogP contribution is -1.94. The van der Waals surface area contributed by atoms with Gasteiger partial charge in [-0.1, -0.05) is 12.1 Å². The molecule has 4 aromatic rings. The Labute approximate surface area is 136 Å². The zero-order valence-corrected chi connectivity index (χ0v) is 12.7. The molecule has 24 heavy (non-hydrogen) atoms. The minimum absolute atomic E-state index is 0.244. The molecule has 0 bridgehead atoms. The Kier molecular flexibility index (Phi) is 3.16. The maximum atomic E-state index is 11.0. The van der Waals surface area contributed by atoms with E-state index in [9.17, 15) is 4.79 Å². The Bertz CT molecular complexity index is 1040. The standard InChI is InChI=1S/C18H12N2O4/c1-10-19-20-17(24-10)13-6-7-16-14(8-13)15(9-23-16)11-2-4-12(5-3-11)18(21)22/h2-9H,1H3,(H,21,22). The average Bonchev–Trinajstić information content (AvgIpc) is 3.20. The van der Waals surface area contributed by atoms with Crippen LogP contribution in [0.15, 0.2) is 57.6 Å². The number of carbonyl (C=O) groups is 1.